The maximum atomic E-state index is 3.64. The highest BCUT2D eigenvalue weighted by atomic mass is 79.9. The van der Waals surface area contributed by atoms with Gasteiger partial charge in [0.1, 0.15) is 0 Å². The molecular formula is C17H26BrN3. The average molecular weight is 352 g/mol. The zero-order valence-electron chi connectivity index (χ0n) is 13.1. The maximum absolute atomic E-state index is 3.64. The third-order valence-electron chi connectivity index (χ3n) is 4.77. The number of halogens is 1. The molecule has 0 spiro atoms. The van der Waals surface area contributed by atoms with Gasteiger partial charge in [-0.1, -0.05) is 22.0 Å². The van der Waals surface area contributed by atoms with E-state index in [-0.39, 0.29) is 0 Å². The van der Waals surface area contributed by atoms with Crippen LogP contribution in [-0.2, 0) is 6.54 Å². The van der Waals surface area contributed by atoms with Crippen LogP contribution in [0.3, 0.4) is 0 Å². The zero-order chi connectivity index (χ0) is 14.8. The van der Waals surface area contributed by atoms with Crippen LogP contribution in [-0.4, -0.2) is 44.2 Å². The molecule has 4 heteroatoms. The summed E-state index contributed by atoms with van der Waals surface area (Å²) < 4.78 is 1.17. The van der Waals surface area contributed by atoms with Gasteiger partial charge in [-0.3, -0.25) is 0 Å². The van der Waals surface area contributed by atoms with Crippen LogP contribution < -0.4 is 10.2 Å². The lowest BCUT2D eigenvalue weighted by Crippen LogP contribution is -2.37. The Labute approximate surface area is 136 Å². The molecule has 2 fully saturated rings. The van der Waals surface area contributed by atoms with Gasteiger partial charge in [0.15, 0.2) is 0 Å². The molecular weight excluding hydrogens is 326 g/mol. The van der Waals surface area contributed by atoms with Crippen molar-refractivity contribution in [2.75, 3.05) is 32.1 Å². The largest absolute Gasteiger partial charge is 0.373 e. The smallest absolute Gasteiger partial charge is 0.0421 e. The molecule has 2 aliphatic rings. The standard InChI is InChI=1S/C17H26BrN3/c1-20-9-3-4-16(20)12-21(2)17-10-14(18)6-5-13(17)11-19-15-7-8-15/h5-6,10,15-16,19H,3-4,7-9,11-12H2,1-2H3. The maximum Gasteiger partial charge on any atom is 0.0421 e. The van der Waals surface area contributed by atoms with Gasteiger partial charge in [0.25, 0.3) is 0 Å². The minimum absolute atomic E-state index is 0.693. The number of rotatable bonds is 6. The Kier molecular flexibility index (Phi) is 4.87. The molecule has 0 aromatic heterocycles. The molecule has 0 amide bonds. The van der Waals surface area contributed by atoms with Gasteiger partial charge in [-0.25, -0.2) is 0 Å². The number of anilines is 1. The van der Waals surface area contributed by atoms with Crippen LogP contribution in [0.2, 0.25) is 0 Å². The molecule has 3 nitrogen and oxygen atoms in total. The normalized spacial score (nSPS) is 22.7. The van der Waals surface area contributed by atoms with Gasteiger partial charge in [0.05, 0.1) is 0 Å². The molecule has 1 aromatic carbocycles. The third-order valence-corrected chi connectivity index (χ3v) is 5.27. The Morgan fingerprint density at radius 3 is 2.81 bits per heavy atom. The summed E-state index contributed by atoms with van der Waals surface area (Å²) in [4.78, 5) is 4.93. The number of hydrogen-bond donors (Lipinski definition) is 1. The van der Waals surface area contributed by atoms with E-state index in [1.54, 1.807) is 0 Å². The lowest BCUT2D eigenvalue weighted by molar-refractivity contribution is 0.314. The van der Waals surface area contributed by atoms with Crippen molar-refractivity contribution in [2.24, 2.45) is 0 Å². The van der Waals surface area contributed by atoms with E-state index in [2.05, 4.69) is 63.3 Å². The van der Waals surface area contributed by atoms with Crippen LogP contribution >= 0.6 is 15.9 Å². The molecule has 1 atom stereocenters. The van der Waals surface area contributed by atoms with E-state index in [0.29, 0.717) is 6.04 Å². The van der Waals surface area contributed by atoms with Crippen LogP contribution in [0.5, 0.6) is 0 Å². The zero-order valence-corrected chi connectivity index (χ0v) is 14.7. The lowest BCUT2D eigenvalue weighted by atomic mass is 10.1. The second kappa shape index (κ2) is 6.67. The number of likely N-dealkylation sites (tertiary alicyclic amines) is 1. The van der Waals surface area contributed by atoms with Crippen LogP contribution in [0.4, 0.5) is 5.69 Å². The minimum Gasteiger partial charge on any atom is -0.373 e. The molecule has 0 bridgehead atoms. The monoisotopic (exact) mass is 351 g/mol. The Morgan fingerprint density at radius 1 is 1.33 bits per heavy atom. The number of hydrogen-bond acceptors (Lipinski definition) is 3. The van der Waals surface area contributed by atoms with Crippen LogP contribution in [0, 0.1) is 0 Å². The fourth-order valence-electron chi connectivity index (χ4n) is 3.21. The van der Waals surface area contributed by atoms with Crippen molar-refractivity contribution in [2.45, 2.75) is 44.3 Å². The van der Waals surface area contributed by atoms with Crippen LogP contribution in [0.15, 0.2) is 22.7 Å². The molecule has 1 unspecified atom stereocenters. The van der Waals surface area contributed by atoms with Gasteiger partial charge in [0, 0.05) is 42.4 Å². The second-order valence-electron chi connectivity index (χ2n) is 6.59. The quantitative estimate of drug-likeness (QED) is 0.848. The van der Waals surface area contributed by atoms with Crippen molar-refractivity contribution < 1.29 is 0 Å². The van der Waals surface area contributed by atoms with Gasteiger partial charge < -0.3 is 15.1 Å². The fourth-order valence-corrected chi connectivity index (χ4v) is 3.56. The Bertz CT molecular complexity index is 487. The number of nitrogens with one attached hydrogen (secondary N) is 1. The highest BCUT2D eigenvalue weighted by Crippen LogP contribution is 2.27. The predicted octanol–water partition coefficient (Wildman–Crippen LogP) is 3.23. The van der Waals surface area contributed by atoms with Crippen molar-refractivity contribution in [1.82, 2.24) is 10.2 Å². The number of benzene rings is 1. The number of likely N-dealkylation sites (N-methyl/N-ethyl adjacent to an activating group) is 2. The highest BCUT2D eigenvalue weighted by Gasteiger charge is 2.24. The van der Waals surface area contributed by atoms with Crippen LogP contribution in [0.1, 0.15) is 31.2 Å². The van der Waals surface area contributed by atoms with Gasteiger partial charge in [0.2, 0.25) is 0 Å². The van der Waals surface area contributed by atoms with E-state index in [1.165, 1.54) is 48.0 Å². The topological polar surface area (TPSA) is 18.5 Å². The van der Waals surface area contributed by atoms with E-state index in [4.69, 9.17) is 0 Å². The molecule has 1 saturated heterocycles. The first-order chi connectivity index (χ1) is 10.1. The second-order valence-corrected chi connectivity index (χ2v) is 7.50. The van der Waals surface area contributed by atoms with Crippen molar-refractivity contribution in [1.29, 1.82) is 0 Å². The first-order valence-electron chi connectivity index (χ1n) is 8.06. The van der Waals surface area contributed by atoms with Gasteiger partial charge in [-0.05, 0) is 57.0 Å². The molecule has 0 radical (unpaired) electrons. The summed E-state index contributed by atoms with van der Waals surface area (Å²) in [7, 11) is 4.48. The van der Waals surface area contributed by atoms with E-state index < -0.39 is 0 Å². The van der Waals surface area contributed by atoms with E-state index >= 15 is 0 Å². The predicted molar refractivity (Wildman–Crippen MR) is 92.9 cm³/mol. The summed E-state index contributed by atoms with van der Waals surface area (Å²) in [6, 6.07) is 8.12. The Balaban J connectivity index is 1.69. The Hall–Kier alpha value is -0.580. The Morgan fingerprint density at radius 2 is 2.14 bits per heavy atom. The molecule has 1 aromatic rings. The van der Waals surface area contributed by atoms with Crippen molar-refractivity contribution >= 4 is 21.6 Å². The molecule has 1 N–H and O–H groups in total. The van der Waals surface area contributed by atoms with E-state index in [0.717, 1.165) is 19.1 Å². The average Bonchev–Trinajstić information content (AvgIpc) is 3.21. The van der Waals surface area contributed by atoms with Crippen LogP contribution in [0.25, 0.3) is 0 Å². The molecule has 3 rings (SSSR count). The lowest BCUT2D eigenvalue weighted by Gasteiger charge is -2.29. The highest BCUT2D eigenvalue weighted by molar-refractivity contribution is 9.10. The van der Waals surface area contributed by atoms with E-state index in [1.807, 2.05) is 0 Å². The summed E-state index contributed by atoms with van der Waals surface area (Å²) in [6.45, 7) is 3.34. The molecule has 1 aliphatic carbocycles. The van der Waals surface area contributed by atoms with Crippen molar-refractivity contribution in [3.8, 4) is 0 Å². The summed E-state index contributed by atoms with van der Waals surface area (Å²) in [5.74, 6) is 0. The van der Waals surface area contributed by atoms with E-state index in [9.17, 15) is 0 Å². The van der Waals surface area contributed by atoms with Crippen molar-refractivity contribution in [3.63, 3.8) is 0 Å². The molecule has 1 aliphatic heterocycles. The number of nitrogens with zero attached hydrogens (tertiary/aromatic N) is 2. The van der Waals surface area contributed by atoms with Gasteiger partial charge >= 0.3 is 0 Å². The summed E-state index contributed by atoms with van der Waals surface area (Å²) in [6.07, 6.45) is 5.34. The molecule has 116 valence electrons. The minimum atomic E-state index is 0.693. The molecule has 1 heterocycles. The fraction of sp³-hybridized carbons (Fsp3) is 0.647. The SMILES string of the molecule is CN(CC1CCCN1C)c1cc(Br)ccc1CNC1CC1. The van der Waals surface area contributed by atoms with Gasteiger partial charge in [-0.15, -0.1) is 0 Å². The summed E-state index contributed by atoms with van der Waals surface area (Å²) in [5, 5.41) is 3.64. The van der Waals surface area contributed by atoms with Crippen molar-refractivity contribution in [3.05, 3.63) is 28.2 Å². The molecule has 21 heavy (non-hydrogen) atoms. The first-order valence-corrected chi connectivity index (χ1v) is 8.86. The summed E-state index contributed by atoms with van der Waals surface area (Å²) >= 11 is 3.62. The molecule has 1 saturated carbocycles. The third kappa shape index (κ3) is 3.99. The first kappa shape index (κ1) is 15.3. The summed E-state index contributed by atoms with van der Waals surface area (Å²) in [5.41, 5.74) is 2.77. The van der Waals surface area contributed by atoms with Gasteiger partial charge in [-0.2, -0.15) is 0 Å².